The largest absolute Gasteiger partial charge is 0.346 e. The van der Waals surface area contributed by atoms with Crippen LogP contribution in [0.1, 0.15) is 43.4 Å². The van der Waals surface area contributed by atoms with Crippen molar-refractivity contribution in [2.24, 2.45) is 9.85 Å². The van der Waals surface area contributed by atoms with Crippen molar-refractivity contribution in [3.63, 3.8) is 0 Å². The number of hydrogen-bond donors (Lipinski definition) is 0. The number of benzene rings is 3. The van der Waals surface area contributed by atoms with Crippen molar-refractivity contribution in [1.29, 1.82) is 0 Å². The van der Waals surface area contributed by atoms with Gasteiger partial charge in [-0.1, -0.05) is 67.9 Å². The molecule has 0 bridgehead atoms. The van der Waals surface area contributed by atoms with Crippen molar-refractivity contribution in [3.8, 4) is 0 Å². The fraction of sp³-hybridized carbons (Fsp3) is 0.323. The molecule has 5 nitrogen and oxygen atoms in total. The van der Waals surface area contributed by atoms with Gasteiger partial charge in [0.05, 0.1) is 22.9 Å². The Morgan fingerprint density at radius 2 is 1.59 bits per heavy atom. The summed E-state index contributed by atoms with van der Waals surface area (Å²) in [5, 5.41) is 6.44. The molecule has 0 N–H and O–H groups in total. The van der Waals surface area contributed by atoms with E-state index in [1.54, 1.807) is 0 Å². The molecule has 3 aromatic carbocycles. The number of rotatable bonds is 3. The zero-order chi connectivity index (χ0) is 25.8. The number of hydrazone groups is 1. The highest BCUT2D eigenvalue weighted by molar-refractivity contribution is 7.71. The lowest BCUT2D eigenvalue weighted by molar-refractivity contribution is 0.558. The highest BCUT2D eigenvalue weighted by Gasteiger charge is 2.50. The molecule has 0 aliphatic carbocycles. The fourth-order valence-corrected chi connectivity index (χ4v) is 10.3. The molecule has 6 rings (SSSR count). The highest BCUT2D eigenvalue weighted by Crippen LogP contribution is 2.71. The van der Waals surface area contributed by atoms with Gasteiger partial charge in [0.15, 0.2) is 7.36 Å². The van der Waals surface area contributed by atoms with Crippen LogP contribution in [0.2, 0.25) is 0 Å². The van der Waals surface area contributed by atoms with Gasteiger partial charge in [-0.25, -0.2) is 14.2 Å². The lowest BCUT2D eigenvalue weighted by atomic mass is 9.84. The molecule has 37 heavy (non-hydrogen) atoms. The monoisotopic (exact) mass is 509 g/mol. The van der Waals surface area contributed by atoms with Crippen LogP contribution in [0.15, 0.2) is 93.7 Å². The number of fused-ring (bicyclic) bond motifs is 1. The predicted molar refractivity (Wildman–Crippen MR) is 158 cm³/mol. The van der Waals surface area contributed by atoms with Crippen LogP contribution in [0.3, 0.4) is 0 Å². The normalized spacial score (nSPS) is 24.7. The molecule has 6 heteroatoms. The second-order valence-electron chi connectivity index (χ2n) is 10.9. The van der Waals surface area contributed by atoms with Crippen LogP contribution in [-0.2, 0) is 5.41 Å². The number of nitrogens with zero attached hydrogens (tertiary/aromatic N) is 5. The number of para-hydroxylation sites is 2. The molecule has 190 valence electrons. The first kappa shape index (κ1) is 24.2. The van der Waals surface area contributed by atoms with Gasteiger partial charge in [-0.3, -0.25) is 0 Å². The molecule has 1 fully saturated rings. The summed E-state index contributed by atoms with van der Waals surface area (Å²) in [7, 11) is -0.275. The Labute approximate surface area is 221 Å². The standard InChI is InChI=1S/C31H36N5P/c1-23-17-18-27(24(2)21-23)33-37(35-19-11-12-20-35)29(22-32-36(37)25-13-7-6-8-14-25)30-31(3,4)26-15-9-10-16-28(26)34(30)5/h6-10,13-18,21-22H,11-12,19-20H2,1-5H3. The third kappa shape index (κ3) is 3.71. The summed E-state index contributed by atoms with van der Waals surface area (Å²) in [4.78, 5) is 2.40. The maximum Gasteiger partial charge on any atom is 0.179 e. The summed E-state index contributed by atoms with van der Waals surface area (Å²) in [6.45, 7) is 11.1. The van der Waals surface area contributed by atoms with E-state index in [0.29, 0.717) is 0 Å². The summed E-state index contributed by atoms with van der Waals surface area (Å²) in [6, 6.07) is 26.1. The Morgan fingerprint density at radius 1 is 0.892 bits per heavy atom. The average molecular weight is 510 g/mol. The minimum atomic E-state index is -2.49. The Balaban J connectivity index is 1.70. The van der Waals surface area contributed by atoms with Crippen LogP contribution in [0.4, 0.5) is 17.1 Å². The van der Waals surface area contributed by atoms with E-state index < -0.39 is 7.36 Å². The SMILES string of the molecule is Cc1ccc(N=P2(N3CCCC3)C(=C3N(C)c4ccccc4C3(C)C)C=NN2c2ccccc2)c(C)c1. The number of anilines is 2. The summed E-state index contributed by atoms with van der Waals surface area (Å²) in [6.07, 6.45) is 4.51. The molecule has 0 amide bonds. The first-order chi connectivity index (χ1) is 17.8. The molecule has 3 heterocycles. The molecule has 3 aliphatic rings. The number of likely N-dealkylation sites (N-methyl/N-ethyl adjacent to an activating group) is 1. The van der Waals surface area contributed by atoms with Gasteiger partial charge < -0.3 is 4.90 Å². The molecule has 1 atom stereocenters. The van der Waals surface area contributed by atoms with E-state index in [2.05, 4.69) is 128 Å². The first-order valence-corrected chi connectivity index (χ1v) is 14.9. The van der Waals surface area contributed by atoms with Crippen LogP contribution in [0.25, 0.3) is 0 Å². The van der Waals surface area contributed by atoms with Gasteiger partial charge in [0, 0.05) is 36.9 Å². The lowest BCUT2D eigenvalue weighted by Gasteiger charge is -2.40. The van der Waals surface area contributed by atoms with E-state index in [1.165, 1.54) is 46.2 Å². The van der Waals surface area contributed by atoms with Crippen LogP contribution >= 0.6 is 7.36 Å². The Kier molecular flexibility index (Phi) is 5.89. The summed E-state index contributed by atoms with van der Waals surface area (Å²) in [5.41, 5.74) is 8.41. The van der Waals surface area contributed by atoms with E-state index in [9.17, 15) is 0 Å². The summed E-state index contributed by atoms with van der Waals surface area (Å²) >= 11 is 0. The fourth-order valence-electron chi connectivity index (χ4n) is 6.29. The van der Waals surface area contributed by atoms with Crippen molar-refractivity contribution in [2.45, 2.75) is 46.0 Å². The highest BCUT2D eigenvalue weighted by atomic mass is 31.2. The smallest absolute Gasteiger partial charge is 0.179 e. The Bertz CT molecular complexity index is 1460. The third-order valence-electron chi connectivity index (χ3n) is 8.05. The van der Waals surface area contributed by atoms with E-state index in [4.69, 9.17) is 9.85 Å². The molecule has 3 aliphatic heterocycles. The van der Waals surface area contributed by atoms with Crippen LogP contribution < -0.4 is 9.68 Å². The van der Waals surface area contributed by atoms with Gasteiger partial charge in [-0.2, -0.15) is 5.10 Å². The molecule has 1 unspecified atom stereocenters. The molecular formula is C31H36N5P. The van der Waals surface area contributed by atoms with E-state index in [1.807, 2.05) is 0 Å². The topological polar surface area (TPSA) is 34.4 Å². The predicted octanol–water partition coefficient (Wildman–Crippen LogP) is 8.21. The van der Waals surface area contributed by atoms with Crippen molar-refractivity contribution < 1.29 is 0 Å². The zero-order valence-electron chi connectivity index (χ0n) is 22.5. The summed E-state index contributed by atoms with van der Waals surface area (Å²) in [5.74, 6) is 0. The summed E-state index contributed by atoms with van der Waals surface area (Å²) < 4.78 is 10.7. The van der Waals surface area contributed by atoms with Gasteiger partial charge in [-0.05, 0) is 62.1 Å². The van der Waals surface area contributed by atoms with E-state index in [0.717, 1.165) is 24.5 Å². The Hall–Kier alpha value is -3.14. The van der Waals surface area contributed by atoms with Crippen molar-refractivity contribution in [1.82, 2.24) is 4.67 Å². The molecule has 0 spiro atoms. The van der Waals surface area contributed by atoms with E-state index in [-0.39, 0.29) is 5.41 Å². The molecule has 0 aromatic heterocycles. The minimum Gasteiger partial charge on any atom is -0.346 e. The lowest BCUT2D eigenvalue weighted by Crippen LogP contribution is -2.30. The van der Waals surface area contributed by atoms with E-state index >= 15 is 0 Å². The maximum atomic E-state index is 5.81. The number of hydrogen-bond acceptors (Lipinski definition) is 3. The molecule has 0 radical (unpaired) electrons. The molecule has 3 aromatic rings. The van der Waals surface area contributed by atoms with Crippen molar-refractivity contribution in [3.05, 3.63) is 100 Å². The molecular weight excluding hydrogens is 473 g/mol. The first-order valence-electron chi connectivity index (χ1n) is 13.3. The van der Waals surface area contributed by atoms with Crippen LogP contribution in [-0.4, -0.2) is 31.0 Å². The van der Waals surface area contributed by atoms with Gasteiger partial charge in [0.25, 0.3) is 0 Å². The number of aryl methyl sites for hydroxylation is 2. The average Bonchev–Trinajstić information content (AvgIpc) is 3.59. The van der Waals surface area contributed by atoms with Crippen molar-refractivity contribution >= 4 is 30.6 Å². The minimum absolute atomic E-state index is 0.164. The van der Waals surface area contributed by atoms with Crippen molar-refractivity contribution in [2.75, 3.05) is 29.8 Å². The van der Waals surface area contributed by atoms with Gasteiger partial charge in [0.1, 0.15) is 0 Å². The zero-order valence-corrected chi connectivity index (χ0v) is 23.4. The van der Waals surface area contributed by atoms with Crippen LogP contribution in [0.5, 0.6) is 0 Å². The number of allylic oxidation sites excluding steroid dienone is 2. The molecule has 1 saturated heterocycles. The van der Waals surface area contributed by atoms with Gasteiger partial charge in [-0.15, -0.1) is 0 Å². The van der Waals surface area contributed by atoms with Gasteiger partial charge >= 0.3 is 0 Å². The van der Waals surface area contributed by atoms with Crippen LogP contribution in [0, 0.1) is 13.8 Å². The maximum absolute atomic E-state index is 5.81. The third-order valence-corrected chi connectivity index (χ3v) is 11.6. The Morgan fingerprint density at radius 3 is 2.30 bits per heavy atom. The quantitative estimate of drug-likeness (QED) is 0.334. The second-order valence-corrected chi connectivity index (χ2v) is 13.7. The second kappa shape index (κ2) is 9.01. The van der Waals surface area contributed by atoms with Gasteiger partial charge in [0.2, 0.25) is 0 Å². The molecule has 0 saturated carbocycles.